The molecular formula is C26H21F. The van der Waals surface area contributed by atoms with E-state index in [0.717, 1.165) is 22.3 Å². The van der Waals surface area contributed by atoms with Gasteiger partial charge in [0.15, 0.2) is 0 Å². The molecule has 0 bridgehead atoms. The van der Waals surface area contributed by atoms with Crippen LogP contribution in [0.1, 0.15) is 44.5 Å². The molecule has 0 aliphatic carbocycles. The monoisotopic (exact) mass is 352 g/mol. The molecule has 3 aromatic rings. The molecule has 0 amide bonds. The van der Waals surface area contributed by atoms with Crippen molar-refractivity contribution in [1.82, 2.24) is 0 Å². The second-order valence-corrected chi connectivity index (χ2v) is 6.81. The smallest absolute Gasteiger partial charge is 0.139 e. The Kier molecular flexibility index (Phi) is 5.44. The summed E-state index contributed by atoms with van der Waals surface area (Å²) in [7, 11) is 0. The van der Waals surface area contributed by atoms with E-state index in [4.69, 9.17) is 0 Å². The lowest BCUT2D eigenvalue weighted by molar-refractivity contribution is 0.623. The van der Waals surface area contributed by atoms with Crippen molar-refractivity contribution in [2.24, 2.45) is 0 Å². The molecule has 0 aliphatic heterocycles. The fraction of sp³-hybridized carbons (Fsp3) is 0.154. The first-order chi connectivity index (χ1) is 12.9. The Bertz CT molecular complexity index is 1110. The van der Waals surface area contributed by atoms with Crippen LogP contribution in [0.3, 0.4) is 0 Å². The molecule has 0 aliphatic rings. The molecule has 0 radical (unpaired) electrons. The fourth-order valence-electron chi connectivity index (χ4n) is 2.73. The Morgan fingerprint density at radius 3 is 1.70 bits per heavy atom. The van der Waals surface area contributed by atoms with Gasteiger partial charge >= 0.3 is 0 Å². The molecule has 0 nitrogen and oxygen atoms in total. The highest BCUT2D eigenvalue weighted by atomic mass is 19.1. The first-order valence-electron chi connectivity index (χ1n) is 8.90. The topological polar surface area (TPSA) is 0 Å². The van der Waals surface area contributed by atoms with Crippen LogP contribution >= 0.6 is 0 Å². The molecule has 0 saturated carbocycles. The van der Waals surface area contributed by atoms with Crippen LogP contribution in [0.2, 0.25) is 0 Å². The molecule has 0 aromatic heterocycles. The average Bonchev–Trinajstić information content (AvgIpc) is 2.64. The van der Waals surface area contributed by atoms with Crippen LogP contribution in [0.4, 0.5) is 4.39 Å². The van der Waals surface area contributed by atoms with Crippen molar-refractivity contribution in [3.8, 4) is 23.7 Å². The molecule has 0 saturated heterocycles. The normalized spacial score (nSPS) is 9.81. The molecule has 0 unspecified atom stereocenters. The summed E-state index contributed by atoms with van der Waals surface area (Å²) in [5.74, 6) is 12.1. The van der Waals surface area contributed by atoms with Gasteiger partial charge in [-0.3, -0.25) is 0 Å². The maximum atomic E-state index is 13.8. The predicted octanol–water partition coefficient (Wildman–Crippen LogP) is 5.86. The number of rotatable bonds is 0. The van der Waals surface area contributed by atoms with Crippen LogP contribution < -0.4 is 0 Å². The summed E-state index contributed by atoms with van der Waals surface area (Å²) < 4.78 is 13.8. The van der Waals surface area contributed by atoms with Crippen LogP contribution in [0.5, 0.6) is 0 Å². The van der Waals surface area contributed by atoms with Crippen LogP contribution in [0.15, 0.2) is 54.6 Å². The van der Waals surface area contributed by atoms with E-state index >= 15 is 0 Å². The molecule has 3 aromatic carbocycles. The third-order valence-corrected chi connectivity index (χ3v) is 4.53. The summed E-state index contributed by atoms with van der Waals surface area (Å²) in [6, 6.07) is 17.1. The van der Waals surface area contributed by atoms with Gasteiger partial charge in [0.05, 0.1) is 5.56 Å². The summed E-state index contributed by atoms with van der Waals surface area (Å²) in [4.78, 5) is 0. The van der Waals surface area contributed by atoms with E-state index in [2.05, 4.69) is 56.6 Å². The minimum atomic E-state index is -0.284. The van der Waals surface area contributed by atoms with E-state index in [0.29, 0.717) is 5.56 Å². The van der Waals surface area contributed by atoms with Crippen molar-refractivity contribution >= 4 is 0 Å². The third kappa shape index (κ3) is 4.66. The van der Waals surface area contributed by atoms with Gasteiger partial charge in [-0.15, -0.1) is 0 Å². The number of hydrogen-bond donors (Lipinski definition) is 0. The minimum absolute atomic E-state index is 0.284. The molecule has 0 spiro atoms. The molecule has 0 N–H and O–H groups in total. The second kappa shape index (κ2) is 7.94. The van der Waals surface area contributed by atoms with Gasteiger partial charge in [0.25, 0.3) is 0 Å². The third-order valence-electron chi connectivity index (χ3n) is 4.53. The fourth-order valence-corrected chi connectivity index (χ4v) is 2.73. The largest absolute Gasteiger partial charge is 0.206 e. The van der Waals surface area contributed by atoms with Gasteiger partial charge in [-0.25, -0.2) is 4.39 Å². The quantitative estimate of drug-likeness (QED) is 0.445. The minimum Gasteiger partial charge on any atom is -0.206 e. The standard InChI is InChI=1S/C26H21F/c1-18-5-12-24(26(27)15-18)13-10-22-6-8-23(9-7-22)11-14-25-17-20(3)19(2)16-21(25)4/h5-9,12,15-17H,1-4H3. The van der Waals surface area contributed by atoms with Crippen LogP contribution in [-0.2, 0) is 0 Å². The number of aryl methyl sites for hydroxylation is 4. The Morgan fingerprint density at radius 2 is 1.11 bits per heavy atom. The number of halogens is 1. The molecule has 0 atom stereocenters. The van der Waals surface area contributed by atoms with Crippen LogP contribution in [0.25, 0.3) is 0 Å². The molecule has 3 rings (SSSR count). The molecule has 0 fully saturated rings. The zero-order chi connectivity index (χ0) is 19.4. The predicted molar refractivity (Wildman–Crippen MR) is 110 cm³/mol. The van der Waals surface area contributed by atoms with E-state index in [1.165, 1.54) is 22.8 Å². The molecule has 27 heavy (non-hydrogen) atoms. The van der Waals surface area contributed by atoms with E-state index in [1.807, 2.05) is 37.3 Å². The van der Waals surface area contributed by atoms with Gasteiger partial charge in [-0.05, 0) is 92.4 Å². The van der Waals surface area contributed by atoms with Crippen molar-refractivity contribution in [3.05, 3.63) is 105 Å². The summed E-state index contributed by atoms with van der Waals surface area (Å²) in [5, 5.41) is 0. The van der Waals surface area contributed by atoms with Crippen molar-refractivity contribution < 1.29 is 4.39 Å². The summed E-state index contributed by atoms with van der Waals surface area (Å²) in [5.41, 5.74) is 7.84. The van der Waals surface area contributed by atoms with Gasteiger partial charge < -0.3 is 0 Å². The number of hydrogen-bond acceptors (Lipinski definition) is 0. The first-order valence-corrected chi connectivity index (χ1v) is 8.90. The number of benzene rings is 3. The average molecular weight is 352 g/mol. The Balaban J connectivity index is 1.79. The lowest BCUT2D eigenvalue weighted by Crippen LogP contribution is -1.88. The summed E-state index contributed by atoms with van der Waals surface area (Å²) in [6.45, 7) is 8.16. The van der Waals surface area contributed by atoms with Crippen LogP contribution in [-0.4, -0.2) is 0 Å². The SMILES string of the molecule is Cc1ccc(C#Cc2ccc(C#Cc3cc(C)c(C)cc3C)cc2)c(F)c1. The van der Waals surface area contributed by atoms with Gasteiger partial charge in [0, 0.05) is 16.7 Å². The molecular weight excluding hydrogens is 331 g/mol. The Hall–Kier alpha value is -3.29. The first kappa shape index (κ1) is 18.5. The summed E-state index contributed by atoms with van der Waals surface area (Å²) >= 11 is 0. The van der Waals surface area contributed by atoms with Gasteiger partial charge in [-0.1, -0.05) is 35.8 Å². The highest BCUT2D eigenvalue weighted by Gasteiger charge is 2.00. The molecule has 0 heterocycles. The van der Waals surface area contributed by atoms with Crippen molar-refractivity contribution in [1.29, 1.82) is 0 Å². The van der Waals surface area contributed by atoms with Gasteiger partial charge in [0.1, 0.15) is 5.82 Å². The van der Waals surface area contributed by atoms with Crippen molar-refractivity contribution in [2.75, 3.05) is 0 Å². The van der Waals surface area contributed by atoms with E-state index in [-0.39, 0.29) is 5.82 Å². The van der Waals surface area contributed by atoms with Gasteiger partial charge in [-0.2, -0.15) is 0 Å². The van der Waals surface area contributed by atoms with E-state index < -0.39 is 0 Å². The van der Waals surface area contributed by atoms with E-state index in [9.17, 15) is 4.39 Å². The second-order valence-electron chi connectivity index (χ2n) is 6.81. The van der Waals surface area contributed by atoms with Crippen LogP contribution in [0, 0.1) is 57.2 Å². The van der Waals surface area contributed by atoms with Crippen molar-refractivity contribution in [2.45, 2.75) is 27.7 Å². The highest BCUT2D eigenvalue weighted by molar-refractivity contribution is 5.51. The lowest BCUT2D eigenvalue weighted by Gasteiger charge is -2.04. The van der Waals surface area contributed by atoms with Crippen molar-refractivity contribution in [3.63, 3.8) is 0 Å². The lowest BCUT2D eigenvalue weighted by atomic mass is 10.0. The highest BCUT2D eigenvalue weighted by Crippen LogP contribution is 2.14. The summed E-state index contributed by atoms with van der Waals surface area (Å²) in [6.07, 6.45) is 0. The molecule has 1 heteroatoms. The molecule has 132 valence electrons. The Morgan fingerprint density at radius 1 is 0.556 bits per heavy atom. The van der Waals surface area contributed by atoms with Gasteiger partial charge in [0.2, 0.25) is 0 Å². The zero-order valence-electron chi connectivity index (χ0n) is 16.1. The van der Waals surface area contributed by atoms with E-state index in [1.54, 1.807) is 6.07 Å². The maximum Gasteiger partial charge on any atom is 0.139 e. The maximum absolute atomic E-state index is 13.8. The zero-order valence-corrected chi connectivity index (χ0v) is 16.1. The Labute approximate surface area is 161 Å².